The van der Waals surface area contributed by atoms with Crippen LogP contribution < -0.4 is 5.32 Å². The lowest BCUT2D eigenvalue weighted by atomic mass is 9.75. The molecule has 2 atom stereocenters. The van der Waals surface area contributed by atoms with Gasteiger partial charge in [-0.2, -0.15) is 0 Å². The Morgan fingerprint density at radius 1 is 1.18 bits per heavy atom. The third-order valence-corrected chi connectivity index (χ3v) is 7.13. The highest BCUT2D eigenvalue weighted by atomic mass is 79.9. The Labute approximate surface area is 234 Å². The van der Waals surface area contributed by atoms with E-state index >= 15 is 0 Å². The summed E-state index contributed by atoms with van der Waals surface area (Å²) >= 11 is 9.91. The molecule has 0 saturated carbocycles. The van der Waals surface area contributed by atoms with Crippen molar-refractivity contribution in [1.29, 1.82) is 0 Å². The first-order valence-electron chi connectivity index (χ1n) is 12.0. The van der Waals surface area contributed by atoms with Crippen LogP contribution >= 0.6 is 27.5 Å². The van der Waals surface area contributed by atoms with Crippen LogP contribution in [0.4, 0.5) is 4.79 Å². The molecule has 2 amide bonds. The van der Waals surface area contributed by atoms with Gasteiger partial charge in [0.05, 0.1) is 18.3 Å². The van der Waals surface area contributed by atoms with Crippen LogP contribution in [-0.4, -0.2) is 44.7 Å². The number of carbonyl (C=O) groups is 2. The van der Waals surface area contributed by atoms with Crippen molar-refractivity contribution in [2.24, 2.45) is 10.4 Å². The number of aromatic nitrogens is 1. The molecule has 0 aliphatic carbocycles. The van der Waals surface area contributed by atoms with E-state index in [1.54, 1.807) is 36.5 Å². The lowest BCUT2D eigenvalue weighted by molar-refractivity contribution is -0.134. The third kappa shape index (κ3) is 5.60. The SMILES string of the molecule is CC(C)(C)C[C@]1(c2ccc(Br)cc2)NC(=NC(=O)O)N(C(CO)c2ccc(Cl)c(-c3ccccn3)c2)C1=O. The van der Waals surface area contributed by atoms with Crippen molar-refractivity contribution in [3.8, 4) is 11.3 Å². The molecule has 0 spiro atoms. The monoisotopic (exact) mass is 598 g/mol. The largest absolute Gasteiger partial charge is 0.463 e. The first kappa shape index (κ1) is 27.8. The molecule has 1 aliphatic heterocycles. The van der Waals surface area contributed by atoms with Gasteiger partial charge >= 0.3 is 6.09 Å². The number of carbonyl (C=O) groups excluding carboxylic acids is 1. The number of aliphatic imine (C=N–C) groups is 1. The maximum atomic E-state index is 14.4. The van der Waals surface area contributed by atoms with Crippen LogP contribution in [0.3, 0.4) is 0 Å². The Kier molecular flexibility index (Phi) is 7.92. The maximum Gasteiger partial charge on any atom is 0.434 e. The van der Waals surface area contributed by atoms with Gasteiger partial charge in [0.15, 0.2) is 0 Å². The standard InChI is InChI=1S/C28H28BrClN4O4/c1-27(2,3)16-28(18-8-10-19(29)11-9-18)24(36)34(25(33-28)32-26(37)38)23(15-35)17-7-12-21(30)20(14-17)22-6-4-5-13-31-22/h4-14,23,35H,15-16H2,1-3H3,(H,32,33)(H,37,38)/t23?,28-/m1/s1. The summed E-state index contributed by atoms with van der Waals surface area (Å²) in [7, 11) is 0. The molecule has 1 unspecified atom stereocenters. The Bertz CT molecular complexity index is 1380. The number of amides is 2. The van der Waals surface area contributed by atoms with Gasteiger partial charge in [0, 0.05) is 21.3 Å². The molecule has 1 fully saturated rings. The average Bonchev–Trinajstić information content (AvgIpc) is 3.11. The smallest absolute Gasteiger partial charge is 0.434 e. The highest BCUT2D eigenvalue weighted by Crippen LogP contribution is 2.43. The zero-order valence-corrected chi connectivity index (χ0v) is 23.5. The van der Waals surface area contributed by atoms with E-state index in [1.165, 1.54) is 4.90 Å². The topological polar surface area (TPSA) is 115 Å². The number of halogens is 2. The highest BCUT2D eigenvalue weighted by Gasteiger charge is 2.55. The van der Waals surface area contributed by atoms with E-state index in [1.807, 2.05) is 51.1 Å². The summed E-state index contributed by atoms with van der Waals surface area (Å²) in [4.78, 5) is 35.5. The van der Waals surface area contributed by atoms with Crippen molar-refractivity contribution < 1.29 is 19.8 Å². The van der Waals surface area contributed by atoms with Crippen molar-refractivity contribution in [3.05, 3.63) is 87.5 Å². The molecule has 38 heavy (non-hydrogen) atoms. The number of nitrogens with one attached hydrogen (secondary N) is 1. The van der Waals surface area contributed by atoms with Gasteiger partial charge in [-0.15, -0.1) is 4.99 Å². The van der Waals surface area contributed by atoms with Gasteiger partial charge in [-0.25, -0.2) is 4.79 Å². The van der Waals surface area contributed by atoms with Gasteiger partial charge in [-0.1, -0.05) is 72.6 Å². The van der Waals surface area contributed by atoms with Crippen molar-refractivity contribution >= 4 is 45.5 Å². The van der Waals surface area contributed by atoms with Gasteiger partial charge < -0.3 is 15.5 Å². The Hall–Kier alpha value is -3.27. The molecule has 1 aromatic heterocycles. The van der Waals surface area contributed by atoms with E-state index in [2.05, 4.69) is 31.2 Å². The van der Waals surface area contributed by atoms with Crippen LogP contribution in [0.5, 0.6) is 0 Å². The van der Waals surface area contributed by atoms with Gasteiger partial charge in [0.2, 0.25) is 5.96 Å². The molecule has 3 aromatic rings. The Morgan fingerprint density at radius 2 is 1.89 bits per heavy atom. The molecule has 1 saturated heterocycles. The zero-order valence-electron chi connectivity index (χ0n) is 21.2. The lowest BCUT2D eigenvalue weighted by Crippen LogP contribution is -2.47. The lowest BCUT2D eigenvalue weighted by Gasteiger charge is -2.34. The summed E-state index contributed by atoms with van der Waals surface area (Å²) in [5.74, 6) is -0.564. The molecule has 0 radical (unpaired) electrons. The molecular formula is C28H28BrClN4O4. The molecule has 2 heterocycles. The second-order valence-corrected chi connectivity index (χ2v) is 11.6. The van der Waals surface area contributed by atoms with E-state index in [4.69, 9.17) is 11.6 Å². The second-order valence-electron chi connectivity index (χ2n) is 10.3. The van der Waals surface area contributed by atoms with E-state index < -0.39 is 30.2 Å². The molecule has 198 valence electrons. The van der Waals surface area contributed by atoms with Crippen LogP contribution in [-0.2, 0) is 10.3 Å². The van der Waals surface area contributed by atoms with Crippen molar-refractivity contribution in [2.45, 2.75) is 38.8 Å². The van der Waals surface area contributed by atoms with Gasteiger partial charge in [0.1, 0.15) is 5.54 Å². The van der Waals surface area contributed by atoms with Crippen LogP contribution in [0.2, 0.25) is 5.02 Å². The summed E-state index contributed by atoms with van der Waals surface area (Å²) < 4.78 is 0.838. The number of pyridine rings is 1. The fourth-order valence-corrected chi connectivity index (χ4v) is 5.30. The number of aliphatic hydroxyl groups is 1. The van der Waals surface area contributed by atoms with Crippen LogP contribution in [0, 0.1) is 5.41 Å². The van der Waals surface area contributed by atoms with Crippen LogP contribution in [0.1, 0.15) is 44.4 Å². The summed E-state index contributed by atoms with van der Waals surface area (Å²) in [5, 5.41) is 23.8. The quantitative estimate of drug-likeness (QED) is 0.320. The molecular weight excluding hydrogens is 572 g/mol. The van der Waals surface area contributed by atoms with Crippen LogP contribution in [0.15, 0.2) is 76.3 Å². The summed E-state index contributed by atoms with van der Waals surface area (Å²) in [6.45, 7) is 5.52. The number of aliphatic hydroxyl groups excluding tert-OH is 1. The maximum absolute atomic E-state index is 14.4. The first-order chi connectivity index (χ1) is 17.9. The number of nitrogens with zero attached hydrogens (tertiary/aromatic N) is 3. The van der Waals surface area contributed by atoms with E-state index in [9.17, 15) is 19.8 Å². The van der Waals surface area contributed by atoms with Gasteiger partial charge in [-0.3, -0.25) is 14.7 Å². The van der Waals surface area contributed by atoms with Crippen molar-refractivity contribution in [2.75, 3.05) is 6.61 Å². The number of hydrogen-bond donors (Lipinski definition) is 3. The van der Waals surface area contributed by atoms with Gasteiger partial charge in [0.25, 0.3) is 5.91 Å². The Balaban J connectivity index is 1.88. The van der Waals surface area contributed by atoms with Crippen molar-refractivity contribution in [1.82, 2.24) is 15.2 Å². The molecule has 4 rings (SSSR count). The fourth-order valence-electron chi connectivity index (χ4n) is 4.82. The Morgan fingerprint density at radius 3 is 2.47 bits per heavy atom. The number of benzene rings is 2. The fraction of sp³-hybridized carbons (Fsp3) is 0.286. The zero-order chi connectivity index (χ0) is 27.7. The highest BCUT2D eigenvalue weighted by molar-refractivity contribution is 9.10. The predicted octanol–water partition coefficient (Wildman–Crippen LogP) is 6.00. The second kappa shape index (κ2) is 10.8. The minimum atomic E-state index is -1.46. The van der Waals surface area contributed by atoms with Crippen LogP contribution in [0.25, 0.3) is 11.3 Å². The van der Waals surface area contributed by atoms with Crippen molar-refractivity contribution in [3.63, 3.8) is 0 Å². The van der Waals surface area contributed by atoms with E-state index in [0.29, 0.717) is 33.8 Å². The third-order valence-electron chi connectivity index (χ3n) is 6.27. The molecule has 10 heteroatoms. The molecule has 1 aliphatic rings. The first-order valence-corrected chi connectivity index (χ1v) is 13.1. The number of hydrogen-bond acceptors (Lipinski definition) is 4. The minimum Gasteiger partial charge on any atom is -0.463 e. The summed E-state index contributed by atoms with van der Waals surface area (Å²) in [5.41, 5.74) is 0.806. The number of carboxylic acid groups (broad SMARTS) is 1. The molecule has 2 aromatic carbocycles. The molecule has 3 N–H and O–H groups in total. The minimum absolute atomic E-state index is 0.150. The average molecular weight is 600 g/mol. The van der Waals surface area contributed by atoms with E-state index in [-0.39, 0.29) is 11.4 Å². The normalized spacial score (nSPS) is 19.5. The predicted molar refractivity (Wildman–Crippen MR) is 150 cm³/mol. The summed E-state index contributed by atoms with van der Waals surface area (Å²) in [6.07, 6.45) is 0.523. The number of rotatable bonds is 6. The number of guanidine groups is 1. The molecule has 8 nitrogen and oxygen atoms in total. The van der Waals surface area contributed by atoms with Gasteiger partial charge in [-0.05, 0) is 59.4 Å². The summed E-state index contributed by atoms with van der Waals surface area (Å²) in [6, 6.07) is 16.9. The molecule has 0 bridgehead atoms. The van der Waals surface area contributed by atoms with E-state index in [0.717, 1.165) is 4.47 Å².